The Hall–Kier alpha value is -2.18. The molecule has 0 saturated carbocycles. The molecule has 2 aromatic heterocycles. The molecule has 6 nitrogen and oxygen atoms in total. The number of rotatable bonds is 1. The first-order valence-electron chi connectivity index (χ1n) is 7.67. The number of aromatic amines is 1. The van der Waals surface area contributed by atoms with Crippen molar-refractivity contribution in [2.75, 3.05) is 13.6 Å². The van der Waals surface area contributed by atoms with Crippen molar-refractivity contribution in [3.05, 3.63) is 40.9 Å². The average Bonchev–Trinajstić information content (AvgIpc) is 2.93. The first kappa shape index (κ1) is 12.4. The van der Waals surface area contributed by atoms with Crippen LogP contribution in [0.3, 0.4) is 0 Å². The van der Waals surface area contributed by atoms with Crippen molar-refractivity contribution < 1.29 is 0 Å². The maximum absolute atomic E-state index is 12.6. The molecule has 2 fully saturated rings. The number of H-pyrrole nitrogens is 1. The van der Waals surface area contributed by atoms with Gasteiger partial charge in [0.25, 0.3) is 0 Å². The van der Waals surface area contributed by atoms with Gasteiger partial charge in [-0.05, 0) is 19.5 Å². The van der Waals surface area contributed by atoms with Crippen LogP contribution in [0.1, 0.15) is 12.6 Å². The molecule has 5 rings (SSSR count). The van der Waals surface area contributed by atoms with Crippen LogP contribution in [-0.4, -0.2) is 45.1 Å². The molecule has 4 heterocycles. The van der Waals surface area contributed by atoms with Gasteiger partial charge in [-0.3, -0.25) is 14.5 Å². The second-order valence-electron chi connectivity index (χ2n) is 6.30. The summed E-state index contributed by atoms with van der Waals surface area (Å²) in [4.78, 5) is 22.3. The van der Waals surface area contributed by atoms with Crippen LogP contribution in [0.25, 0.3) is 21.9 Å². The minimum atomic E-state index is -0.0497. The van der Waals surface area contributed by atoms with E-state index in [2.05, 4.69) is 27.2 Å². The van der Waals surface area contributed by atoms with Gasteiger partial charge in [-0.2, -0.15) is 0 Å². The van der Waals surface area contributed by atoms with Gasteiger partial charge in [0, 0.05) is 24.0 Å². The van der Waals surface area contributed by atoms with E-state index in [4.69, 9.17) is 0 Å². The molecule has 22 heavy (non-hydrogen) atoms. The molecule has 112 valence electrons. The van der Waals surface area contributed by atoms with Crippen LogP contribution in [0.2, 0.25) is 0 Å². The molecular formula is C16H17N5O. The van der Waals surface area contributed by atoms with E-state index in [0.717, 1.165) is 34.9 Å². The average molecular weight is 295 g/mol. The van der Waals surface area contributed by atoms with Gasteiger partial charge in [-0.25, -0.2) is 4.79 Å². The normalized spacial score (nSPS) is 28.1. The molecule has 2 aliphatic heterocycles. The number of imidazole rings is 1. The Morgan fingerprint density at radius 3 is 2.91 bits per heavy atom. The van der Waals surface area contributed by atoms with E-state index in [9.17, 15) is 4.79 Å². The summed E-state index contributed by atoms with van der Waals surface area (Å²) in [5, 5.41) is 4.48. The smallest absolute Gasteiger partial charge is 0.311 e. The minimum Gasteiger partial charge on any atom is -0.311 e. The van der Waals surface area contributed by atoms with Gasteiger partial charge < -0.3 is 10.3 Å². The van der Waals surface area contributed by atoms with Crippen LogP contribution >= 0.6 is 0 Å². The van der Waals surface area contributed by atoms with Gasteiger partial charge in [-0.15, -0.1) is 0 Å². The predicted molar refractivity (Wildman–Crippen MR) is 84.9 cm³/mol. The fourth-order valence-corrected chi connectivity index (χ4v) is 4.00. The van der Waals surface area contributed by atoms with Gasteiger partial charge >= 0.3 is 5.69 Å². The maximum Gasteiger partial charge on any atom is 0.327 e. The standard InChI is InChI=1S/C16H17N5O/c1-20-13-8-18-11(13)6-14(20)21-15-9-4-2-3-5-10(9)17-7-12(15)19-16(21)22/h2-5,7,11,13-14,18H,6,8H2,1H3,(H,19,22)/t11-,13-,14?/m0/s1. The number of likely N-dealkylation sites (tertiary alicyclic amines) is 1. The van der Waals surface area contributed by atoms with Crippen LogP contribution in [-0.2, 0) is 0 Å². The zero-order valence-electron chi connectivity index (χ0n) is 12.3. The predicted octanol–water partition coefficient (Wildman–Crippen LogP) is 1.05. The molecule has 1 aromatic carbocycles. The molecule has 0 bridgehead atoms. The third kappa shape index (κ3) is 1.46. The van der Waals surface area contributed by atoms with Gasteiger partial charge in [0.1, 0.15) is 0 Å². The topological polar surface area (TPSA) is 66.0 Å². The number of hydrogen-bond donors (Lipinski definition) is 2. The molecule has 0 amide bonds. The Morgan fingerprint density at radius 2 is 2.18 bits per heavy atom. The van der Waals surface area contributed by atoms with Crippen LogP contribution < -0.4 is 11.0 Å². The zero-order valence-corrected chi connectivity index (χ0v) is 12.3. The third-order valence-corrected chi connectivity index (χ3v) is 5.26. The van der Waals surface area contributed by atoms with E-state index in [1.807, 2.05) is 28.8 Å². The summed E-state index contributed by atoms with van der Waals surface area (Å²) in [5.41, 5.74) is 2.65. The Balaban J connectivity index is 1.81. The molecule has 0 radical (unpaired) electrons. The number of para-hydroxylation sites is 1. The monoisotopic (exact) mass is 295 g/mol. The van der Waals surface area contributed by atoms with Gasteiger partial charge in [-0.1, -0.05) is 18.2 Å². The van der Waals surface area contributed by atoms with Gasteiger partial charge in [0.05, 0.1) is 28.9 Å². The lowest BCUT2D eigenvalue weighted by Gasteiger charge is -2.36. The number of likely N-dealkylation sites (N-methyl/N-ethyl adjacent to an activating group) is 1. The van der Waals surface area contributed by atoms with E-state index in [0.29, 0.717) is 12.1 Å². The number of pyridine rings is 1. The van der Waals surface area contributed by atoms with E-state index < -0.39 is 0 Å². The minimum absolute atomic E-state index is 0.0497. The van der Waals surface area contributed by atoms with Crippen LogP contribution in [0.4, 0.5) is 0 Å². The van der Waals surface area contributed by atoms with Crippen LogP contribution in [0.5, 0.6) is 0 Å². The van der Waals surface area contributed by atoms with Crippen molar-refractivity contribution in [2.24, 2.45) is 0 Å². The second-order valence-corrected chi connectivity index (χ2v) is 6.30. The Morgan fingerprint density at radius 1 is 1.32 bits per heavy atom. The van der Waals surface area contributed by atoms with E-state index in [-0.39, 0.29) is 11.9 Å². The summed E-state index contributed by atoms with van der Waals surface area (Å²) < 4.78 is 1.92. The number of hydrogen-bond acceptors (Lipinski definition) is 4. The number of nitrogens with zero attached hydrogens (tertiary/aromatic N) is 3. The van der Waals surface area contributed by atoms with Crippen LogP contribution in [0, 0.1) is 0 Å². The zero-order chi connectivity index (χ0) is 14.8. The highest BCUT2D eigenvalue weighted by molar-refractivity contribution is 6.01. The molecule has 1 unspecified atom stereocenters. The van der Waals surface area contributed by atoms with Crippen molar-refractivity contribution in [1.29, 1.82) is 0 Å². The molecule has 2 N–H and O–H groups in total. The number of fused-ring (bicyclic) bond motifs is 4. The quantitative estimate of drug-likeness (QED) is 0.704. The van der Waals surface area contributed by atoms with Crippen molar-refractivity contribution in [2.45, 2.75) is 24.7 Å². The van der Waals surface area contributed by atoms with Crippen molar-refractivity contribution in [3.8, 4) is 0 Å². The molecule has 6 heteroatoms. The van der Waals surface area contributed by atoms with Gasteiger partial charge in [0.15, 0.2) is 0 Å². The summed E-state index contributed by atoms with van der Waals surface area (Å²) in [6, 6.07) is 9.03. The fraction of sp³-hybridized carbons (Fsp3) is 0.375. The summed E-state index contributed by atoms with van der Waals surface area (Å²) in [6.45, 7) is 1.01. The largest absolute Gasteiger partial charge is 0.327 e. The number of aromatic nitrogens is 3. The lowest BCUT2D eigenvalue weighted by atomic mass is 10.0. The third-order valence-electron chi connectivity index (χ3n) is 5.26. The highest BCUT2D eigenvalue weighted by Gasteiger charge is 2.45. The fourth-order valence-electron chi connectivity index (χ4n) is 4.00. The SMILES string of the molecule is CN1C(n2c(=O)[nH]c3cnc4ccccc4c32)C[C@@H]2NC[C@@H]21. The van der Waals surface area contributed by atoms with Crippen molar-refractivity contribution in [1.82, 2.24) is 24.8 Å². The van der Waals surface area contributed by atoms with Crippen molar-refractivity contribution in [3.63, 3.8) is 0 Å². The summed E-state index contributed by atoms with van der Waals surface area (Å²) in [6.07, 6.45) is 2.82. The molecule has 3 atom stereocenters. The Bertz CT molecular complexity index is 943. The highest BCUT2D eigenvalue weighted by atomic mass is 16.1. The van der Waals surface area contributed by atoms with Gasteiger partial charge in [0.2, 0.25) is 0 Å². The van der Waals surface area contributed by atoms with Crippen LogP contribution in [0.15, 0.2) is 35.3 Å². The lowest BCUT2D eigenvalue weighted by molar-refractivity contribution is 0.150. The van der Waals surface area contributed by atoms with E-state index in [1.54, 1.807) is 6.20 Å². The van der Waals surface area contributed by atoms with Crippen molar-refractivity contribution >= 4 is 21.9 Å². The molecule has 0 spiro atoms. The van der Waals surface area contributed by atoms with E-state index in [1.165, 1.54) is 0 Å². The number of nitrogens with one attached hydrogen (secondary N) is 2. The lowest BCUT2D eigenvalue weighted by Crippen LogP contribution is -2.58. The maximum atomic E-state index is 12.6. The first-order valence-corrected chi connectivity index (χ1v) is 7.67. The Kier molecular flexibility index (Phi) is 2.35. The molecule has 2 saturated heterocycles. The molecule has 0 aliphatic carbocycles. The summed E-state index contributed by atoms with van der Waals surface area (Å²) in [5.74, 6) is 0. The molecule has 2 aliphatic rings. The first-order chi connectivity index (χ1) is 10.7. The summed E-state index contributed by atoms with van der Waals surface area (Å²) in [7, 11) is 2.12. The Labute approximate surface area is 126 Å². The highest BCUT2D eigenvalue weighted by Crippen LogP contribution is 2.36. The second kappa shape index (κ2) is 4.18. The summed E-state index contributed by atoms with van der Waals surface area (Å²) >= 11 is 0. The number of benzene rings is 1. The molecular weight excluding hydrogens is 278 g/mol. The van der Waals surface area contributed by atoms with E-state index >= 15 is 0 Å². The molecule has 3 aromatic rings.